The van der Waals surface area contributed by atoms with Crippen molar-refractivity contribution in [2.45, 2.75) is 45.6 Å². The van der Waals surface area contributed by atoms with Crippen molar-refractivity contribution in [3.63, 3.8) is 0 Å². The van der Waals surface area contributed by atoms with Gasteiger partial charge in [0.2, 0.25) is 11.8 Å². The number of amides is 2. The Balaban J connectivity index is 2.06. The Labute approximate surface area is 141 Å². The number of anilines is 1. The molecular weight excluding hydrogens is 308 g/mol. The van der Waals surface area contributed by atoms with Crippen molar-refractivity contribution in [1.29, 1.82) is 0 Å². The van der Waals surface area contributed by atoms with E-state index in [4.69, 9.17) is 5.11 Å². The van der Waals surface area contributed by atoms with Gasteiger partial charge < -0.3 is 15.3 Å². The molecule has 24 heavy (non-hydrogen) atoms. The van der Waals surface area contributed by atoms with E-state index in [-0.39, 0.29) is 12.3 Å². The van der Waals surface area contributed by atoms with E-state index in [1.54, 1.807) is 11.8 Å². The van der Waals surface area contributed by atoms with E-state index in [9.17, 15) is 14.4 Å². The molecule has 6 nitrogen and oxygen atoms in total. The Morgan fingerprint density at radius 3 is 2.42 bits per heavy atom. The summed E-state index contributed by atoms with van der Waals surface area (Å²) in [5.41, 5.74) is 1.96. The van der Waals surface area contributed by atoms with E-state index in [2.05, 4.69) is 19.2 Å². The number of nitrogens with one attached hydrogen (secondary N) is 1. The van der Waals surface area contributed by atoms with E-state index in [1.807, 2.05) is 24.3 Å². The fourth-order valence-corrected chi connectivity index (χ4v) is 2.83. The number of hydrogen-bond donors (Lipinski definition) is 2. The van der Waals surface area contributed by atoms with Crippen LogP contribution >= 0.6 is 0 Å². The lowest BCUT2D eigenvalue weighted by Crippen LogP contribution is -2.45. The highest BCUT2D eigenvalue weighted by molar-refractivity contribution is 6.10. The third-order valence-corrected chi connectivity index (χ3v) is 4.42. The normalized spacial score (nSPS) is 18.8. The fourth-order valence-electron chi connectivity index (χ4n) is 2.83. The summed E-state index contributed by atoms with van der Waals surface area (Å²) < 4.78 is 0. The molecule has 2 amide bonds. The van der Waals surface area contributed by atoms with Crippen LogP contribution in [-0.4, -0.2) is 35.5 Å². The third kappa shape index (κ3) is 3.75. The molecule has 1 saturated heterocycles. The highest BCUT2D eigenvalue weighted by Crippen LogP contribution is 2.27. The predicted molar refractivity (Wildman–Crippen MR) is 90.8 cm³/mol. The second-order valence-electron chi connectivity index (χ2n) is 6.39. The maximum Gasteiger partial charge on any atom is 0.326 e. The Kier molecular flexibility index (Phi) is 5.59. The summed E-state index contributed by atoms with van der Waals surface area (Å²) in [6, 6.07) is 6.79. The molecule has 0 bridgehead atoms. The average Bonchev–Trinajstić information content (AvgIpc) is 2.93. The Bertz CT molecular complexity index is 624. The van der Waals surface area contributed by atoms with Crippen LogP contribution in [0.2, 0.25) is 0 Å². The second kappa shape index (κ2) is 7.47. The molecule has 1 aliphatic rings. The van der Waals surface area contributed by atoms with Crippen molar-refractivity contribution < 1.29 is 19.5 Å². The van der Waals surface area contributed by atoms with Crippen LogP contribution in [0, 0.1) is 5.92 Å². The monoisotopic (exact) mass is 332 g/mol. The fraction of sp³-hybridized carbons (Fsp3) is 0.500. The number of carbonyl (C=O) groups is 3. The topological polar surface area (TPSA) is 86.7 Å². The van der Waals surface area contributed by atoms with Crippen LogP contribution in [0.3, 0.4) is 0 Å². The molecule has 2 atom stereocenters. The summed E-state index contributed by atoms with van der Waals surface area (Å²) in [6.07, 6.45) is 0.676. The van der Waals surface area contributed by atoms with E-state index >= 15 is 0 Å². The van der Waals surface area contributed by atoms with Crippen molar-refractivity contribution in [1.82, 2.24) is 5.32 Å². The summed E-state index contributed by atoms with van der Waals surface area (Å²) in [5.74, 6) is -2.27. The zero-order chi connectivity index (χ0) is 17.9. The van der Waals surface area contributed by atoms with Gasteiger partial charge >= 0.3 is 5.97 Å². The van der Waals surface area contributed by atoms with Crippen LogP contribution in [0.1, 0.15) is 45.1 Å². The first kappa shape index (κ1) is 18.0. The third-order valence-electron chi connectivity index (χ3n) is 4.42. The van der Waals surface area contributed by atoms with Gasteiger partial charge in [-0.1, -0.05) is 32.9 Å². The number of nitrogens with zero attached hydrogens (tertiary/aromatic N) is 1. The second-order valence-corrected chi connectivity index (χ2v) is 6.39. The van der Waals surface area contributed by atoms with Gasteiger partial charge in [-0.3, -0.25) is 9.59 Å². The van der Waals surface area contributed by atoms with Gasteiger partial charge in [0.1, 0.15) is 12.0 Å². The maximum atomic E-state index is 12.5. The molecule has 0 aromatic heterocycles. The first-order valence-electron chi connectivity index (χ1n) is 8.29. The summed E-state index contributed by atoms with van der Waals surface area (Å²) in [7, 11) is 0. The van der Waals surface area contributed by atoms with Crippen LogP contribution < -0.4 is 10.2 Å². The number of carboxylic acid groups (broad SMARTS) is 1. The van der Waals surface area contributed by atoms with Gasteiger partial charge in [0.05, 0.1) is 0 Å². The maximum absolute atomic E-state index is 12.5. The van der Waals surface area contributed by atoms with Gasteiger partial charge in [0.15, 0.2) is 0 Å². The number of carbonyl (C=O) groups excluding carboxylic acids is 2. The van der Waals surface area contributed by atoms with E-state index in [1.165, 1.54) is 5.56 Å². The molecule has 1 aromatic rings. The molecule has 130 valence electrons. The molecular formula is C18H24N2O4. The van der Waals surface area contributed by atoms with Crippen molar-refractivity contribution in [3.8, 4) is 0 Å². The van der Waals surface area contributed by atoms with Crippen molar-refractivity contribution in [3.05, 3.63) is 29.8 Å². The number of rotatable bonds is 6. The van der Waals surface area contributed by atoms with Crippen LogP contribution in [0.25, 0.3) is 0 Å². The van der Waals surface area contributed by atoms with Crippen LogP contribution in [-0.2, 0) is 14.4 Å². The van der Waals surface area contributed by atoms with E-state index < -0.39 is 23.8 Å². The van der Waals surface area contributed by atoms with E-state index in [0.717, 1.165) is 5.69 Å². The molecule has 0 spiro atoms. The molecule has 1 fully saturated rings. The number of benzene rings is 1. The van der Waals surface area contributed by atoms with E-state index in [0.29, 0.717) is 18.9 Å². The van der Waals surface area contributed by atoms with Crippen molar-refractivity contribution in [2.24, 2.45) is 5.92 Å². The molecule has 1 aromatic carbocycles. The van der Waals surface area contributed by atoms with Gasteiger partial charge in [-0.2, -0.15) is 0 Å². The first-order valence-corrected chi connectivity index (χ1v) is 8.29. The summed E-state index contributed by atoms with van der Waals surface area (Å²) in [6.45, 7) is 6.34. The number of carboxylic acids is 1. The van der Waals surface area contributed by atoms with Crippen LogP contribution in [0.15, 0.2) is 24.3 Å². The quantitative estimate of drug-likeness (QED) is 0.782. The Morgan fingerprint density at radius 1 is 1.29 bits per heavy atom. The van der Waals surface area contributed by atoms with Crippen molar-refractivity contribution in [2.75, 3.05) is 11.4 Å². The zero-order valence-electron chi connectivity index (χ0n) is 14.3. The molecule has 1 aliphatic heterocycles. The number of hydrogen-bond acceptors (Lipinski definition) is 3. The lowest BCUT2D eigenvalue weighted by molar-refractivity contribution is -0.143. The minimum absolute atomic E-state index is 0.273. The molecule has 0 unspecified atom stereocenters. The summed E-state index contributed by atoms with van der Waals surface area (Å²) in [5, 5.41) is 11.5. The minimum Gasteiger partial charge on any atom is -0.480 e. The molecule has 0 saturated carbocycles. The smallest absolute Gasteiger partial charge is 0.326 e. The van der Waals surface area contributed by atoms with Gasteiger partial charge in [0, 0.05) is 12.2 Å². The largest absolute Gasteiger partial charge is 0.480 e. The first-order chi connectivity index (χ1) is 11.3. The molecule has 0 aliphatic carbocycles. The lowest BCUT2D eigenvalue weighted by atomic mass is 10.0. The number of aliphatic carboxylic acids is 1. The highest BCUT2D eigenvalue weighted by Gasteiger charge is 2.38. The summed E-state index contributed by atoms with van der Waals surface area (Å²) in [4.78, 5) is 37.4. The molecule has 0 radical (unpaired) electrons. The SMILES string of the molecule is CC[C@@H](NC(=O)[C@H]1CCN(c2ccc(C(C)C)cc2)C1=O)C(=O)O. The molecule has 2 N–H and O–H groups in total. The molecule has 1 heterocycles. The van der Waals surface area contributed by atoms with Crippen LogP contribution in [0.4, 0.5) is 5.69 Å². The highest BCUT2D eigenvalue weighted by atomic mass is 16.4. The zero-order valence-corrected chi connectivity index (χ0v) is 14.3. The van der Waals surface area contributed by atoms with Gasteiger partial charge in [-0.15, -0.1) is 0 Å². The standard InChI is InChI=1S/C18H24N2O4/c1-4-15(18(23)24)19-16(21)14-9-10-20(17(14)22)13-7-5-12(6-8-13)11(2)3/h5-8,11,14-15H,4,9-10H2,1-3H3,(H,19,21)(H,23,24)/t14-,15-/m1/s1. The molecule has 6 heteroatoms. The molecule has 2 rings (SSSR count). The summed E-state index contributed by atoms with van der Waals surface area (Å²) >= 11 is 0. The van der Waals surface area contributed by atoms with Crippen molar-refractivity contribution >= 4 is 23.5 Å². The lowest BCUT2D eigenvalue weighted by Gasteiger charge is -2.18. The van der Waals surface area contributed by atoms with Crippen LogP contribution in [0.5, 0.6) is 0 Å². The van der Waals surface area contributed by atoms with Gasteiger partial charge in [0.25, 0.3) is 0 Å². The average molecular weight is 332 g/mol. The van der Waals surface area contributed by atoms with Gasteiger partial charge in [-0.05, 0) is 36.5 Å². The van der Waals surface area contributed by atoms with Gasteiger partial charge in [-0.25, -0.2) is 4.79 Å². The Hall–Kier alpha value is -2.37. The minimum atomic E-state index is -1.09. The predicted octanol–water partition coefficient (Wildman–Crippen LogP) is 2.14. The Morgan fingerprint density at radius 2 is 1.92 bits per heavy atom.